The molecule has 1 aromatic heterocycles. The Kier molecular flexibility index (Phi) is 8.44. The number of aromatic nitrogens is 1. The van der Waals surface area contributed by atoms with E-state index in [1.54, 1.807) is 30.5 Å². The first-order valence-corrected chi connectivity index (χ1v) is 12.5. The lowest BCUT2D eigenvalue weighted by Gasteiger charge is -2.27. The monoisotopic (exact) mass is 511 g/mol. The van der Waals surface area contributed by atoms with E-state index in [1.807, 2.05) is 45.2 Å². The van der Waals surface area contributed by atoms with Crippen molar-refractivity contribution >= 4 is 23.4 Å². The summed E-state index contributed by atoms with van der Waals surface area (Å²) in [5.41, 5.74) is 2.00. The zero-order valence-corrected chi connectivity index (χ0v) is 21.5. The number of ether oxygens (including phenoxy) is 2. The van der Waals surface area contributed by atoms with Crippen LogP contribution in [0, 0.1) is 5.82 Å². The minimum absolute atomic E-state index is 0.0746. The van der Waals surface area contributed by atoms with Gasteiger partial charge in [-0.2, -0.15) is 0 Å². The Morgan fingerprint density at radius 1 is 1.19 bits per heavy atom. The summed E-state index contributed by atoms with van der Waals surface area (Å²) in [6, 6.07) is 16.2. The van der Waals surface area contributed by atoms with Gasteiger partial charge in [-0.25, -0.2) is 14.2 Å². The van der Waals surface area contributed by atoms with Gasteiger partial charge >= 0.3 is 5.97 Å². The third kappa shape index (κ3) is 6.33. The summed E-state index contributed by atoms with van der Waals surface area (Å²) in [7, 11) is 1.98. The number of hydrogen-bond donors (Lipinski definition) is 0. The van der Waals surface area contributed by atoms with Gasteiger partial charge < -0.3 is 14.4 Å². The van der Waals surface area contributed by atoms with Gasteiger partial charge in [-0.1, -0.05) is 29.8 Å². The first kappa shape index (κ1) is 25.9. The number of rotatable bonds is 9. The van der Waals surface area contributed by atoms with Gasteiger partial charge in [0.05, 0.1) is 11.1 Å². The summed E-state index contributed by atoms with van der Waals surface area (Å²) in [6.45, 7) is 6.35. The molecule has 1 saturated heterocycles. The molecule has 0 bridgehead atoms. The van der Waals surface area contributed by atoms with Crippen LogP contribution in [0.3, 0.4) is 0 Å². The van der Waals surface area contributed by atoms with Gasteiger partial charge in [0.1, 0.15) is 29.6 Å². The predicted molar refractivity (Wildman–Crippen MR) is 139 cm³/mol. The maximum atomic E-state index is 14.0. The lowest BCUT2D eigenvalue weighted by molar-refractivity contribution is 0.0378. The summed E-state index contributed by atoms with van der Waals surface area (Å²) in [6.07, 6.45) is 2.48. The van der Waals surface area contributed by atoms with Crippen LogP contribution in [0.2, 0.25) is 5.02 Å². The second-order valence-electron chi connectivity index (χ2n) is 9.25. The third-order valence-corrected chi connectivity index (χ3v) is 6.61. The second-order valence-corrected chi connectivity index (χ2v) is 9.66. The molecule has 1 atom stereocenters. The molecule has 2 aromatic carbocycles. The standard InChI is InChI=1S/C28H31ClFN3O3/c1-19(2)36-28(34)23-6-5-14-31-27(23)32(3)21-13-15-33(17-21)16-20-9-11-22(12-10-20)35-18-24-25(29)7-4-8-26(24)30/h4-12,14,19,21H,13,15-18H2,1-3H3/t21-/m0/s1. The van der Waals surface area contributed by atoms with E-state index in [1.165, 1.54) is 6.07 Å². The van der Waals surface area contributed by atoms with E-state index in [0.29, 0.717) is 27.7 Å². The molecule has 1 aliphatic rings. The van der Waals surface area contributed by atoms with Gasteiger partial charge in [-0.05, 0) is 62.2 Å². The molecular weight excluding hydrogens is 481 g/mol. The number of hydrogen-bond acceptors (Lipinski definition) is 6. The van der Waals surface area contributed by atoms with Crippen molar-refractivity contribution in [2.75, 3.05) is 25.0 Å². The van der Waals surface area contributed by atoms with Crippen LogP contribution in [0.1, 0.15) is 41.8 Å². The Labute approximate surface area is 216 Å². The lowest BCUT2D eigenvalue weighted by Crippen LogP contribution is -2.36. The number of likely N-dealkylation sites (N-methyl/N-ethyl adjacent to an activating group) is 1. The normalized spacial score (nSPS) is 15.8. The van der Waals surface area contributed by atoms with Crippen LogP contribution in [-0.2, 0) is 17.9 Å². The quantitative estimate of drug-likeness (QED) is 0.342. The fourth-order valence-corrected chi connectivity index (χ4v) is 4.55. The molecule has 0 radical (unpaired) electrons. The summed E-state index contributed by atoms with van der Waals surface area (Å²) >= 11 is 6.08. The van der Waals surface area contributed by atoms with Gasteiger partial charge in [0, 0.05) is 44.5 Å². The van der Waals surface area contributed by atoms with Gasteiger partial charge in [-0.3, -0.25) is 4.90 Å². The molecule has 8 heteroatoms. The van der Waals surface area contributed by atoms with E-state index < -0.39 is 0 Å². The number of pyridine rings is 1. The molecule has 3 aromatic rings. The van der Waals surface area contributed by atoms with Crippen LogP contribution in [0.4, 0.5) is 10.2 Å². The molecule has 0 unspecified atom stereocenters. The van der Waals surface area contributed by atoms with E-state index in [2.05, 4.69) is 14.8 Å². The minimum Gasteiger partial charge on any atom is -0.489 e. The SMILES string of the molecule is CC(C)OC(=O)c1cccnc1N(C)[C@H]1CCN(Cc2ccc(OCc3c(F)cccc3Cl)cc2)C1. The molecule has 0 saturated carbocycles. The Bertz CT molecular complexity index is 1170. The highest BCUT2D eigenvalue weighted by Crippen LogP contribution is 2.26. The van der Waals surface area contributed by atoms with Crippen LogP contribution in [0.15, 0.2) is 60.8 Å². The van der Waals surface area contributed by atoms with E-state index in [0.717, 1.165) is 31.6 Å². The Morgan fingerprint density at radius 2 is 1.97 bits per heavy atom. The number of anilines is 1. The van der Waals surface area contributed by atoms with Gasteiger partial charge in [0.15, 0.2) is 0 Å². The van der Waals surface area contributed by atoms with Gasteiger partial charge in [0.2, 0.25) is 0 Å². The summed E-state index contributed by atoms with van der Waals surface area (Å²) in [4.78, 5) is 21.5. The summed E-state index contributed by atoms with van der Waals surface area (Å²) in [5.74, 6) is 0.580. The average Bonchev–Trinajstić information content (AvgIpc) is 3.32. The van der Waals surface area contributed by atoms with Crippen molar-refractivity contribution in [1.82, 2.24) is 9.88 Å². The first-order chi connectivity index (χ1) is 17.3. The van der Waals surface area contributed by atoms with Gasteiger partial charge in [-0.15, -0.1) is 0 Å². The van der Waals surface area contributed by atoms with Crippen molar-refractivity contribution < 1.29 is 18.7 Å². The van der Waals surface area contributed by atoms with Crippen LogP contribution >= 0.6 is 11.6 Å². The van der Waals surface area contributed by atoms with E-state index in [4.69, 9.17) is 21.1 Å². The topological polar surface area (TPSA) is 54.9 Å². The molecule has 190 valence electrons. The number of nitrogens with zero attached hydrogens (tertiary/aromatic N) is 3. The molecule has 6 nitrogen and oxygen atoms in total. The smallest absolute Gasteiger partial charge is 0.342 e. The number of carbonyl (C=O) groups excluding carboxylic acids is 1. The molecular formula is C28H31ClFN3O3. The Hall–Kier alpha value is -3.16. The molecule has 0 amide bonds. The Morgan fingerprint density at radius 3 is 2.69 bits per heavy atom. The predicted octanol–water partition coefficient (Wildman–Crippen LogP) is 5.73. The number of likely N-dealkylation sites (tertiary alicyclic amines) is 1. The number of carbonyl (C=O) groups is 1. The van der Waals surface area contributed by atoms with Crippen LogP contribution in [0.5, 0.6) is 5.75 Å². The molecule has 0 spiro atoms. The molecule has 36 heavy (non-hydrogen) atoms. The van der Waals surface area contributed by atoms with E-state index >= 15 is 0 Å². The highest BCUT2D eigenvalue weighted by atomic mass is 35.5. The summed E-state index contributed by atoms with van der Waals surface area (Å²) in [5, 5.41) is 0.356. The number of halogens is 2. The lowest BCUT2D eigenvalue weighted by atomic mass is 10.2. The second kappa shape index (κ2) is 11.7. The Balaban J connectivity index is 1.33. The molecule has 0 N–H and O–H groups in total. The molecule has 1 fully saturated rings. The molecule has 0 aliphatic carbocycles. The highest BCUT2D eigenvalue weighted by Gasteiger charge is 2.29. The first-order valence-electron chi connectivity index (χ1n) is 12.1. The fraction of sp³-hybridized carbons (Fsp3) is 0.357. The van der Waals surface area contributed by atoms with Crippen molar-refractivity contribution in [3.05, 3.63) is 88.3 Å². The van der Waals surface area contributed by atoms with Crippen LogP contribution < -0.4 is 9.64 Å². The van der Waals surface area contributed by atoms with Crippen molar-refractivity contribution in [2.45, 2.75) is 45.6 Å². The van der Waals surface area contributed by atoms with Crippen LogP contribution in [0.25, 0.3) is 0 Å². The molecule has 4 rings (SSSR count). The maximum absolute atomic E-state index is 14.0. The number of benzene rings is 2. The molecule has 2 heterocycles. The zero-order chi connectivity index (χ0) is 25.7. The van der Waals surface area contributed by atoms with E-state index in [-0.39, 0.29) is 30.5 Å². The minimum atomic E-state index is -0.373. The zero-order valence-electron chi connectivity index (χ0n) is 20.8. The van der Waals surface area contributed by atoms with Crippen LogP contribution in [-0.4, -0.2) is 48.1 Å². The van der Waals surface area contributed by atoms with Crippen molar-refractivity contribution in [2.24, 2.45) is 0 Å². The fourth-order valence-electron chi connectivity index (χ4n) is 4.33. The van der Waals surface area contributed by atoms with Gasteiger partial charge in [0.25, 0.3) is 0 Å². The van der Waals surface area contributed by atoms with Crippen molar-refractivity contribution in [1.29, 1.82) is 0 Å². The van der Waals surface area contributed by atoms with E-state index in [9.17, 15) is 9.18 Å². The van der Waals surface area contributed by atoms with Crippen molar-refractivity contribution in [3.8, 4) is 5.75 Å². The number of esters is 1. The molecule has 1 aliphatic heterocycles. The van der Waals surface area contributed by atoms with Crippen molar-refractivity contribution in [3.63, 3.8) is 0 Å². The summed E-state index contributed by atoms with van der Waals surface area (Å²) < 4.78 is 25.1. The average molecular weight is 512 g/mol. The highest BCUT2D eigenvalue weighted by molar-refractivity contribution is 6.31. The third-order valence-electron chi connectivity index (χ3n) is 6.25. The largest absolute Gasteiger partial charge is 0.489 e. The maximum Gasteiger partial charge on any atom is 0.342 e.